The largest absolute Gasteiger partial charge is 0.489 e. The Morgan fingerprint density at radius 1 is 1.65 bits per heavy atom. The number of aromatic amines is 1. The van der Waals surface area contributed by atoms with Gasteiger partial charge in [0.05, 0.1) is 19.5 Å². The topological polar surface area (TPSA) is 87.2 Å². The van der Waals surface area contributed by atoms with Gasteiger partial charge in [-0.15, -0.1) is 0 Å². The summed E-state index contributed by atoms with van der Waals surface area (Å²) in [6, 6.07) is 0. The van der Waals surface area contributed by atoms with Crippen molar-refractivity contribution in [2.45, 2.75) is 25.4 Å². The summed E-state index contributed by atoms with van der Waals surface area (Å²) in [5.74, 6) is 1.08. The lowest BCUT2D eigenvalue weighted by Gasteiger charge is -2.12. The number of methoxy groups -OCH3 is 1. The number of aromatic nitrogens is 2. The summed E-state index contributed by atoms with van der Waals surface area (Å²) in [7, 11) is 1.44. The molecule has 0 radical (unpaired) electrons. The second-order valence-corrected chi connectivity index (χ2v) is 4.33. The van der Waals surface area contributed by atoms with Gasteiger partial charge in [0.1, 0.15) is 0 Å². The van der Waals surface area contributed by atoms with Crippen molar-refractivity contribution in [2.75, 3.05) is 19.0 Å². The molecular weight excluding hydrogens is 222 g/mol. The highest BCUT2D eigenvalue weighted by molar-refractivity contribution is 5.47. The first-order chi connectivity index (χ1) is 8.20. The van der Waals surface area contributed by atoms with Crippen LogP contribution in [0.3, 0.4) is 0 Å². The highest BCUT2D eigenvalue weighted by Gasteiger charge is 2.23. The van der Waals surface area contributed by atoms with E-state index in [1.54, 1.807) is 0 Å². The molecule has 1 aromatic heterocycles. The fourth-order valence-electron chi connectivity index (χ4n) is 2.18. The van der Waals surface area contributed by atoms with E-state index in [1.165, 1.54) is 13.4 Å². The molecule has 2 unspecified atom stereocenters. The van der Waals surface area contributed by atoms with E-state index in [1.807, 2.05) is 0 Å². The molecule has 0 aliphatic heterocycles. The second kappa shape index (κ2) is 5.18. The molecule has 1 saturated carbocycles. The van der Waals surface area contributed by atoms with E-state index < -0.39 is 0 Å². The van der Waals surface area contributed by atoms with Gasteiger partial charge < -0.3 is 20.1 Å². The molecule has 1 heterocycles. The minimum atomic E-state index is -0.295. The molecule has 0 bridgehead atoms. The summed E-state index contributed by atoms with van der Waals surface area (Å²) >= 11 is 0. The normalized spacial score (nSPS) is 23.6. The third-order valence-electron chi connectivity index (χ3n) is 3.09. The van der Waals surface area contributed by atoms with Gasteiger partial charge in [-0.05, 0) is 25.2 Å². The highest BCUT2D eigenvalue weighted by atomic mass is 16.5. The molecule has 0 aromatic carbocycles. The average Bonchev–Trinajstić information content (AvgIpc) is 2.72. The maximum absolute atomic E-state index is 11.4. The third kappa shape index (κ3) is 2.76. The van der Waals surface area contributed by atoms with Crippen molar-refractivity contribution in [3.63, 3.8) is 0 Å². The Labute approximate surface area is 99.0 Å². The molecule has 1 aromatic rings. The Kier molecular flexibility index (Phi) is 3.63. The predicted octanol–water partition coefficient (Wildman–Crippen LogP) is 0.351. The SMILES string of the molecule is COc1c(NCC2CCC(O)C2)nc[nH]c1=O. The summed E-state index contributed by atoms with van der Waals surface area (Å²) < 4.78 is 4.99. The average molecular weight is 239 g/mol. The van der Waals surface area contributed by atoms with Crippen LogP contribution in [0.5, 0.6) is 5.75 Å². The summed E-state index contributed by atoms with van der Waals surface area (Å²) in [5, 5.41) is 12.5. The van der Waals surface area contributed by atoms with Crippen LogP contribution in [0.15, 0.2) is 11.1 Å². The molecule has 0 saturated heterocycles. The molecule has 6 heteroatoms. The van der Waals surface area contributed by atoms with E-state index in [9.17, 15) is 9.90 Å². The van der Waals surface area contributed by atoms with Gasteiger partial charge in [-0.2, -0.15) is 0 Å². The van der Waals surface area contributed by atoms with Gasteiger partial charge in [0.15, 0.2) is 5.82 Å². The van der Waals surface area contributed by atoms with Crippen LogP contribution >= 0.6 is 0 Å². The summed E-state index contributed by atoms with van der Waals surface area (Å²) in [4.78, 5) is 17.9. The lowest BCUT2D eigenvalue weighted by Crippen LogP contribution is -2.18. The molecule has 1 aliphatic carbocycles. The van der Waals surface area contributed by atoms with E-state index in [4.69, 9.17) is 4.74 Å². The Morgan fingerprint density at radius 3 is 3.12 bits per heavy atom. The van der Waals surface area contributed by atoms with Crippen LogP contribution in [0, 0.1) is 5.92 Å². The Hall–Kier alpha value is -1.56. The van der Waals surface area contributed by atoms with Gasteiger partial charge in [-0.3, -0.25) is 4.79 Å². The molecule has 1 fully saturated rings. The van der Waals surface area contributed by atoms with Crippen LogP contribution in [-0.4, -0.2) is 34.8 Å². The van der Waals surface area contributed by atoms with Gasteiger partial charge in [0, 0.05) is 6.54 Å². The van der Waals surface area contributed by atoms with Crippen LogP contribution in [0.4, 0.5) is 5.82 Å². The lowest BCUT2D eigenvalue weighted by molar-refractivity contribution is 0.178. The zero-order valence-corrected chi connectivity index (χ0v) is 9.77. The van der Waals surface area contributed by atoms with Gasteiger partial charge in [-0.1, -0.05) is 0 Å². The molecule has 2 atom stereocenters. The van der Waals surface area contributed by atoms with Crippen molar-refractivity contribution in [3.05, 3.63) is 16.7 Å². The summed E-state index contributed by atoms with van der Waals surface area (Å²) in [6.45, 7) is 0.698. The quantitative estimate of drug-likeness (QED) is 0.705. The van der Waals surface area contributed by atoms with Crippen LogP contribution in [0.25, 0.3) is 0 Å². The number of hydrogen-bond acceptors (Lipinski definition) is 5. The minimum absolute atomic E-state index is 0.184. The monoisotopic (exact) mass is 239 g/mol. The molecule has 0 spiro atoms. The minimum Gasteiger partial charge on any atom is -0.489 e. The van der Waals surface area contributed by atoms with Crippen molar-refractivity contribution < 1.29 is 9.84 Å². The van der Waals surface area contributed by atoms with E-state index in [2.05, 4.69) is 15.3 Å². The van der Waals surface area contributed by atoms with Gasteiger partial charge in [0.2, 0.25) is 5.75 Å². The van der Waals surface area contributed by atoms with Crippen molar-refractivity contribution in [2.24, 2.45) is 5.92 Å². The summed E-state index contributed by atoms with van der Waals surface area (Å²) in [5.41, 5.74) is -0.295. The van der Waals surface area contributed by atoms with Gasteiger partial charge in [-0.25, -0.2) is 4.98 Å². The fourth-order valence-corrected chi connectivity index (χ4v) is 2.18. The maximum Gasteiger partial charge on any atom is 0.295 e. The molecule has 2 rings (SSSR count). The van der Waals surface area contributed by atoms with E-state index in [-0.39, 0.29) is 17.4 Å². The van der Waals surface area contributed by atoms with Gasteiger partial charge >= 0.3 is 0 Å². The van der Waals surface area contributed by atoms with Crippen LogP contribution in [-0.2, 0) is 0 Å². The zero-order chi connectivity index (χ0) is 12.3. The zero-order valence-electron chi connectivity index (χ0n) is 9.77. The van der Waals surface area contributed by atoms with Gasteiger partial charge in [0.25, 0.3) is 5.56 Å². The number of hydrogen-bond donors (Lipinski definition) is 3. The third-order valence-corrected chi connectivity index (χ3v) is 3.09. The van der Waals surface area contributed by atoms with Crippen molar-refractivity contribution >= 4 is 5.82 Å². The van der Waals surface area contributed by atoms with Crippen molar-refractivity contribution in [3.8, 4) is 5.75 Å². The number of rotatable bonds is 4. The first-order valence-corrected chi connectivity index (χ1v) is 5.74. The maximum atomic E-state index is 11.4. The number of nitrogens with zero attached hydrogens (tertiary/aromatic N) is 1. The van der Waals surface area contributed by atoms with Crippen molar-refractivity contribution in [1.82, 2.24) is 9.97 Å². The van der Waals surface area contributed by atoms with Crippen molar-refractivity contribution in [1.29, 1.82) is 0 Å². The molecule has 17 heavy (non-hydrogen) atoms. The number of aliphatic hydroxyl groups excluding tert-OH is 1. The Bertz CT molecular complexity index is 432. The molecule has 3 N–H and O–H groups in total. The number of H-pyrrole nitrogens is 1. The number of nitrogens with one attached hydrogen (secondary N) is 2. The van der Waals surface area contributed by atoms with Crippen LogP contribution in [0.1, 0.15) is 19.3 Å². The predicted molar refractivity (Wildman–Crippen MR) is 63.2 cm³/mol. The first kappa shape index (κ1) is 11.9. The van der Waals surface area contributed by atoms with Crippen LogP contribution < -0.4 is 15.6 Å². The molecular formula is C11H17N3O3. The standard InChI is InChI=1S/C11H17N3O3/c1-17-9-10(13-6-14-11(9)16)12-5-7-2-3-8(15)4-7/h6-8,15H,2-5H2,1H3,(H2,12,13,14,16). The molecule has 0 amide bonds. The lowest BCUT2D eigenvalue weighted by atomic mass is 10.1. The Morgan fingerprint density at radius 2 is 2.47 bits per heavy atom. The van der Waals surface area contributed by atoms with E-state index >= 15 is 0 Å². The van der Waals surface area contributed by atoms with Crippen LogP contribution in [0.2, 0.25) is 0 Å². The first-order valence-electron chi connectivity index (χ1n) is 5.74. The number of aliphatic hydroxyl groups is 1. The Balaban J connectivity index is 1.99. The fraction of sp³-hybridized carbons (Fsp3) is 0.636. The highest BCUT2D eigenvalue weighted by Crippen LogP contribution is 2.26. The van der Waals surface area contributed by atoms with E-state index in [0.29, 0.717) is 18.3 Å². The number of anilines is 1. The molecule has 6 nitrogen and oxygen atoms in total. The second-order valence-electron chi connectivity index (χ2n) is 4.33. The molecule has 94 valence electrons. The number of ether oxygens (including phenoxy) is 1. The van der Waals surface area contributed by atoms with E-state index in [0.717, 1.165) is 19.3 Å². The molecule has 1 aliphatic rings. The smallest absolute Gasteiger partial charge is 0.295 e. The summed E-state index contributed by atoms with van der Waals surface area (Å²) in [6.07, 6.45) is 3.82.